The number of anilines is 1. The maximum absolute atomic E-state index is 12.2. The Morgan fingerprint density at radius 2 is 1.53 bits per heavy atom. The van der Waals surface area contributed by atoms with Crippen molar-refractivity contribution in [1.29, 1.82) is 0 Å². The number of carbonyl (C=O) groups excluding carboxylic acids is 1. The number of Topliss-reactive ketones (excluding diaryl/α,β-unsaturated/α-hetero) is 1. The van der Waals surface area contributed by atoms with Crippen LogP contribution in [0, 0.1) is 5.92 Å². The first-order valence-corrected chi connectivity index (χ1v) is 19.6. The lowest BCUT2D eigenvalue weighted by atomic mass is 9.81. The summed E-state index contributed by atoms with van der Waals surface area (Å²) in [6.45, 7) is 15.0. The van der Waals surface area contributed by atoms with E-state index in [0.717, 1.165) is 69.5 Å². The molecule has 0 bridgehead atoms. The Labute approximate surface area is 311 Å². The van der Waals surface area contributed by atoms with Crippen LogP contribution in [0.5, 0.6) is 0 Å². The van der Waals surface area contributed by atoms with Crippen molar-refractivity contribution in [3.05, 3.63) is 106 Å². The van der Waals surface area contributed by atoms with Gasteiger partial charge in [-0.3, -0.25) is 9.59 Å². The highest BCUT2D eigenvalue weighted by Crippen LogP contribution is 2.48. The summed E-state index contributed by atoms with van der Waals surface area (Å²) in [5.74, 6) is -0.250. The molecule has 0 saturated carbocycles. The molecule has 5 nitrogen and oxygen atoms in total. The van der Waals surface area contributed by atoms with E-state index in [0.29, 0.717) is 18.6 Å². The number of benzene rings is 2. The minimum absolute atomic E-state index is 0.115. The monoisotopic (exact) mass is 709 g/mol. The summed E-state index contributed by atoms with van der Waals surface area (Å²) in [4.78, 5) is 25.6. The van der Waals surface area contributed by atoms with Gasteiger partial charge in [-0.1, -0.05) is 94.3 Å². The number of rotatable bonds is 16. The minimum Gasteiger partial charge on any atom is -0.481 e. The first kappa shape index (κ1) is 38.5. The van der Waals surface area contributed by atoms with E-state index in [2.05, 4.69) is 110 Å². The van der Waals surface area contributed by atoms with Crippen LogP contribution < -0.4 is 4.90 Å². The van der Waals surface area contributed by atoms with Gasteiger partial charge in [0, 0.05) is 71.3 Å². The summed E-state index contributed by atoms with van der Waals surface area (Å²) in [6.07, 6.45) is 18.5. The van der Waals surface area contributed by atoms with Crippen molar-refractivity contribution in [3.8, 4) is 0 Å². The lowest BCUT2D eigenvalue weighted by Crippen LogP contribution is -2.28. The van der Waals surface area contributed by atoms with Crippen LogP contribution in [-0.2, 0) is 20.4 Å². The second-order valence-corrected chi connectivity index (χ2v) is 16.3. The molecular formula is C45H58ClN2O3+. The Balaban J connectivity index is 1.39. The fourth-order valence-electron chi connectivity index (χ4n) is 8.09. The van der Waals surface area contributed by atoms with Crippen LogP contribution in [0.2, 0.25) is 0 Å². The Kier molecular flexibility index (Phi) is 12.7. The molecule has 272 valence electrons. The summed E-state index contributed by atoms with van der Waals surface area (Å²) in [7, 11) is 0. The molecule has 1 N–H and O–H groups in total. The molecule has 0 spiro atoms. The van der Waals surface area contributed by atoms with Crippen LogP contribution in [0.1, 0.15) is 123 Å². The second kappa shape index (κ2) is 16.8. The van der Waals surface area contributed by atoms with E-state index < -0.39 is 5.97 Å². The molecule has 51 heavy (non-hydrogen) atoms. The van der Waals surface area contributed by atoms with Crippen LogP contribution in [0.25, 0.3) is 0 Å². The number of unbranched alkanes of at least 4 members (excludes halogenated alkanes) is 4. The number of fused-ring (bicyclic) bond motifs is 2. The van der Waals surface area contributed by atoms with Crippen LogP contribution in [0.4, 0.5) is 11.4 Å². The van der Waals surface area contributed by atoms with Gasteiger partial charge in [0.05, 0.1) is 5.41 Å². The average Bonchev–Trinajstić information content (AvgIpc) is 3.45. The molecule has 0 fully saturated rings. The predicted octanol–water partition coefficient (Wildman–Crippen LogP) is 11.3. The quantitative estimate of drug-likeness (QED) is 0.139. The molecule has 0 amide bonds. The molecule has 3 aliphatic rings. The van der Waals surface area contributed by atoms with Crippen molar-refractivity contribution >= 4 is 40.4 Å². The number of nitrogens with zero attached hydrogens (tertiary/aromatic N) is 2. The van der Waals surface area contributed by atoms with E-state index in [1.807, 2.05) is 13.8 Å². The smallest absolute Gasteiger partial charge is 0.303 e. The summed E-state index contributed by atoms with van der Waals surface area (Å²) in [5, 5.41) is 9.94. The van der Waals surface area contributed by atoms with Crippen molar-refractivity contribution in [3.63, 3.8) is 0 Å². The number of halogens is 1. The first-order valence-electron chi connectivity index (χ1n) is 19.2. The number of allylic oxidation sites excluding steroid dienone is 8. The first-order chi connectivity index (χ1) is 24.3. The SMILES string of the molecule is CC(C)C(=O)CCCCC[N+]1=C(C=CC2=C(Cl)C(=CC=C3N(CCCCCC(=O)O)c4ccccc4C3(C)C)CCC2)C(C)(C)c2ccccc21. The maximum atomic E-state index is 12.2. The molecule has 2 heterocycles. The summed E-state index contributed by atoms with van der Waals surface area (Å²) in [5.41, 5.74) is 9.81. The number of carboxylic acid groups (broad SMARTS) is 1. The van der Waals surface area contributed by atoms with E-state index >= 15 is 0 Å². The van der Waals surface area contributed by atoms with E-state index in [-0.39, 0.29) is 23.2 Å². The molecule has 0 unspecified atom stereocenters. The highest BCUT2D eigenvalue weighted by atomic mass is 35.5. The molecule has 2 aliphatic heterocycles. The largest absolute Gasteiger partial charge is 0.481 e. The van der Waals surface area contributed by atoms with Crippen molar-refractivity contribution in [2.75, 3.05) is 18.0 Å². The van der Waals surface area contributed by atoms with Gasteiger partial charge in [-0.15, -0.1) is 0 Å². The van der Waals surface area contributed by atoms with Gasteiger partial charge in [0.1, 0.15) is 12.3 Å². The molecule has 5 rings (SSSR count). The zero-order chi connectivity index (χ0) is 36.8. The number of para-hydroxylation sites is 2. The standard InChI is InChI=1S/C45H57ClN2O3/c1-32(2)39(49)24-9-7-15-30-47-37-22-13-11-20-35(37)44(3,4)40(47)28-26-33-18-17-19-34(43(33)46)27-29-41-45(5,6)36-21-12-14-23-38(36)48(41)31-16-8-10-25-42(50)51/h11-14,20-23,26-29,32H,7-10,15-19,24-25,30-31H2,1-6H3/p+1. The number of aliphatic carboxylic acids is 1. The van der Waals surface area contributed by atoms with Crippen LogP contribution in [0.15, 0.2) is 94.7 Å². The van der Waals surface area contributed by atoms with Gasteiger partial charge in [0.15, 0.2) is 5.71 Å². The summed E-state index contributed by atoms with van der Waals surface area (Å²) < 4.78 is 2.49. The van der Waals surface area contributed by atoms with Crippen molar-refractivity contribution < 1.29 is 19.3 Å². The number of hydrogen-bond donors (Lipinski definition) is 1. The van der Waals surface area contributed by atoms with E-state index in [1.54, 1.807) is 0 Å². The van der Waals surface area contributed by atoms with Gasteiger partial charge in [-0.05, 0) is 87.6 Å². The van der Waals surface area contributed by atoms with Gasteiger partial charge in [0.2, 0.25) is 5.69 Å². The fraction of sp³-hybridized carbons (Fsp3) is 0.489. The number of carboxylic acids is 1. The molecule has 0 aromatic heterocycles. The molecular weight excluding hydrogens is 652 g/mol. The molecule has 0 saturated heterocycles. The van der Waals surface area contributed by atoms with Crippen LogP contribution >= 0.6 is 11.6 Å². The van der Waals surface area contributed by atoms with E-state index in [1.165, 1.54) is 45.1 Å². The lowest BCUT2D eigenvalue weighted by molar-refractivity contribution is -0.438. The highest BCUT2D eigenvalue weighted by molar-refractivity contribution is 6.32. The van der Waals surface area contributed by atoms with Gasteiger partial charge >= 0.3 is 5.97 Å². The van der Waals surface area contributed by atoms with Crippen molar-refractivity contribution in [2.45, 2.75) is 123 Å². The van der Waals surface area contributed by atoms with Crippen LogP contribution in [-0.4, -0.2) is 40.2 Å². The average molecular weight is 710 g/mol. The second-order valence-electron chi connectivity index (χ2n) is 15.9. The Hall–Kier alpha value is -3.70. The Bertz CT molecular complexity index is 1770. The third kappa shape index (κ3) is 8.68. The number of hydrogen-bond acceptors (Lipinski definition) is 3. The normalized spacial score (nSPS) is 19.6. The molecule has 0 radical (unpaired) electrons. The fourth-order valence-corrected chi connectivity index (χ4v) is 8.40. The molecule has 2 aromatic carbocycles. The summed E-state index contributed by atoms with van der Waals surface area (Å²) in [6, 6.07) is 17.4. The Morgan fingerprint density at radius 3 is 2.27 bits per heavy atom. The predicted molar refractivity (Wildman–Crippen MR) is 213 cm³/mol. The van der Waals surface area contributed by atoms with Gasteiger partial charge in [-0.2, -0.15) is 4.58 Å². The minimum atomic E-state index is -0.725. The van der Waals surface area contributed by atoms with Gasteiger partial charge < -0.3 is 10.0 Å². The zero-order valence-corrected chi connectivity index (χ0v) is 32.5. The molecule has 6 heteroatoms. The summed E-state index contributed by atoms with van der Waals surface area (Å²) >= 11 is 7.24. The highest BCUT2D eigenvalue weighted by Gasteiger charge is 2.44. The molecule has 0 atom stereocenters. The van der Waals surface area contributed by atoms with Crippen molar-refractivity contribution in [2.24, 2.45) is 5.92 Å². The van der Waals surface area contributed by atoms with Gasteiger partial charge in [0.25, 0.3) is 0 Å². The maximum Gasteiger partial charge on any atom is 0.303 e. The Morgan fingerprint density at radius 1 is 0.843 bits per heavy atom. The number of carbonyl (C=O) groups is 2. The van der Waals surface area contributed by atoms with Gasteiger partial charge in [-0.25, -0.2) is 0 Å². The number of ketones is 1. The van der Waals surface area contributed by atoms with E-state index in [9.17, 15) is 9.59 Å². The topological polar surface area (TPSA) is 60.6 Å². The van der Waals surface area contributed by atoms with Crippen molar-refractivity contribution in [1.82, 2.24) is 0 Å². The third-order valence-corrected chi connectivity index (χ3v) is 11.6. The zero-order valence-electron chi connectivity index (χ0n) is 31.7. The lowest BCUT2D eigenvalue weighted by Gasteiger charge is -2.27. The third-order valence-electron chi connectivity index (χ3n) is 11.2. The molecule has 2 aromatic rings. The van der Waals surface area contributed by atoms with E-state index in [4.69, 9.17) is 16.7 Å². The molecule has 1 aliphatic carbocycles. The van der Waals surface area contributed by atoms with Crippen LogP contribution in [0.3, 0.4) is 0 Å².